The van der Waals surface area contributed by atoms with Gasteiger partial charge in [-0.2, -0.15) is 17.5 Å². The Balaban J connectivity index is 1.65. The zero-order chi connectivity index (χ0) is 21.9. The molecule has 0 aromatic heterocycles. The first-order valence-electron chi connectivity index (χ1n) is 8.99. The van der Waals surface area contributed by atoms with E-state index in [0.717, 1.165) is 6.07 Å². The number of sulfonamides is 1. The Bertz CT molecular complexity index is 1000. The number of piperazine rings is 1. The summed E-state index contributed by atoms with van der Waals surface area (Å²) in [4.78, 5) is 1.80. The molecule has 2 aromatic rings. The van der Waals surface area contributed by atoms with Crippen molar-refractivity contribution >= 4 is 33.0 Å². The summed E-state index contributed by atoms with van der Waals surface area (Å²) >= 11 is 5.26. The molecule has 3 rings (SSSR count). The molecular weight excluding hydrogens is 439 g/mol. The monoisotopic (exact) mass is 459 g/mol. The van der Waals surface area contributed by atoms with Crippen LogP contribution in [0, 0.1) is 0 Å². The fraction of sp³-hybridized carbons (Fsp3) is 0.316. The summed E-state index contributed by atoms with van der Waals surface area (Å²) in [5, 5.41) is 2.76. The first-order valence-corrected chi connectivity index (χ1v) is 10.8. The zero-order valence-corrected chi connectivity index (χ0v) is 17.6. The van der Waals surface area contributed by atoms with E-state index in [0.29, 0.717) is 5.75 Å². The second-order valence-electron chi connectivity index (χ2n) is 6.54. The molecule has 11 heteroatoms. The number of thiocarbonyl (C=S) groups is 1. The smallest absolute Gasteiger partial charge is 0.418 e. The summed E-state index contributed by atoms with van der Waals surface area (Å²) in [6.07, 6.45) is -4.51. The summed E-state index contributed by atoms with van der Waals surface area (Å²) in [6.45, 7) is 0.846. The first-order chi connectivity index (χ1) is 14.1. The van der Waals surface area contributed by atoms with Crippen LogP contribution in [-0.2, 0) is 16.2 Å². The van der Waals surface area contributed by atoms with Crippen molar-refractivity contribution in [1.82, 2.24) is 9.21 Å². The molecule has 1 aliphatic rings. The third-order valence-electron chi connectivity index (χ3n) is 4.70. The summed E-state index contributed by atoms with van der Waals surface area (Å²) < 4.78 is 71.4. The third-order valence-corrected chi connectivity index (χ3v) is 6.97. The van der Waals surface area contributed by atoms with Crippen LogP contribution in [0.3, 0.4) is 0 Å². The van der Waals surface area contributed by atoms with Crippen LogP contribution in [0.4, 0.5) is 18.9 Å². The van der Waals surface area contributed by atoms with E-state index < -0.39 is 21.8 Å². The highest BCUT2D eigenvalue weighted by Gasteiger charge is 2.34. The Hall–Kier alpha value is -2.37. The fourth-order valence-electron chi connectivity index (χ4n) is 3.06. The molecule has 6 nitrogen and oxygen atoms in total. The van der Waals surface area contributed by atoms with Gasteiger partial charge in [0.2, 0.25) is 10.0 Å². The zero-order valence-electron chi connectivity index (χ0n) is 16.0. The fourth-order valence-corrected chi connectivity index (χ4v) is 4.78. The van der Waals surface area contributed by atoms with E-state index in [9.17, 15) is 21.6 Å². The minimum Gasteiger partial charge on any atom is -0.497 e. The van der Waals surface area contributed by atoms with Gasteiger partial charge < -0.3 is 15.0 Å². The average Bonchev–Trinajstić information content (AvgIpc) is 2.73. The number of nitrogens with one attached hydrogen (secondary N) is 1. The molecule has 1 heterocycles. The van der Waals surface area contributed by atoms with Gasteiger partial charge in [-0.3, -0.25) is 0 Å². The number of ether oxygens (including phenoxy) is 1. The molecule has 1 saturated heterocycles. The van der Waals surface area contributed by atoms with Crippen molar-refractivity contribution in [3.63, 3.8) is 0 Å². The van der Waals surface area contributed by atoms with Crippen molar-refractivity contribution in [2.45, 2.75) is 11.1 Å². The normalized spacial score (nSPS) is 15.7. The number of benzene rings is 2. The number of hydrogen-bond donors (Lipinski definition) is 1. The van der Waals surface area contributed by atoms with Crippen LogP contribution in [0.1, 0.15) is 5.56 Å². The lowest BCUT2D eigenvalue weighted by molar-refractivity contribution is -0.136. The van der Waals surface area contributed by atoms with Crippen molar-refractivity contribution in [3.8, 4) is 5.75 Å². The van der Waals surface area contributed by atoms with Crippen molar-refractivity contribution in [2.24, 2.45) is 0 Å². The van der Waals surface area contributed by atoms with Gasteiger partial charge in [0.15, 0.2) is 5.11 Å². The van der Waals surface area contributed by atoms with Gasteiger partial charge in [0, 0.05) is 26.2 Å². The SMILES string of the molecule is COc1ccc(S(=O)(=O)N2CCN(C(=S)Nc3ccccc3C(F)(F)F)CC2)cc1. The maximum atomic E-state index is 13.2. The molecule has 0 amide bonds. The quantitative estimate of drug-likeness (QED) is 0.707. The Labute approximate surface area is 178 Å². The molecular formula is C19H20F3N3O3S2. The number of halogens is 3. The Morgan fingerprint density at radius 1 is 1.03 bits per heavy atom. The highest BCUT2D eigenvalue weighted by Crippen LogP contribution is 2.34. The van der Waals surface area contributed by atoms with Crippen LogP contribution in [0.25, 0.3) is 0 Å². The predicted molar refractivity (Wildman–Crippen MR) is 111 cm³/mol. The number of nitrogens with zero attached hydrogens (tertiary/aromatic N) is 2. The van der Waals surface area contributed by atoms with E-state index >= 15 is 0 Å². The maximum Gasteiger partial charge on any atom is 0.418 e. The van der Waals surface area contributed by atoms with Crippen LogP contribution in [0.5, 0.6) is 5.75 Å². The first kappa shape index (κ1) is 22.3. The van der Waals surface area contributed by atoms with Crippen LogP contribution in [0.15, 0.2) is 53.4 Å². The number of para-hydroxylation sites is 1. The molecule has 0 aliphatic carbocycles. The topological polar surface area (TPSA) is 61.9 Å². The van der Waals surface area contributed by atoms with Gasteiger partial charge in [0.05, 0.1) is 23.3 Å². The minimum atomic E-state index is -4.51. The molecule has 0 bridgehead atoms. The summed E-state index contributed by atoms with van der Waals surface area (Å²) in [5.74, 6) is 0.550. The van der Waals surface area contributed by atoms with Crippen LogP contribution in [-0.4, -0.2) is 56.0 Å². The van der Waals surface area contributed by atoms with E-state index in [4.69, 9.17) is 17.0 Å². The van der Waals surface area contributed by atoms with E-state index in [1.54, 1.807) is 17.0 Å². The van der Waals surface area contributed by atoms with Crippen molar-refractivity contribution < 1.29 is 26.3 Å². The lowest BCUT2D eigenvalue weighted by Gasteiger charge is -2.35. The number of rotatable bonds is 4. The van der Waals surface area contributed by atoms with Gasteiger partial charge in [-0.15, -0.1) is 0 Å². The van der Waals surface area contributed by atoms with Crippen molar-refractivity contribution in [2.75, 3.05) is 38.6 Å². The standard InChI is InChI=1S/C19H20F3N3O3S2/c1-28-14-6-8-15(9-7-14)30(26,27)25-12-10-24(11-13-25)18(29)23-17-5-3-2-4-16(17)19(20,21)22/h2-9H,10-13H2,1H3,(H,23,29). The summed E-state index contributed by atoms with van der Waals surface area (Å²) in [6, 6.07) is 11.2. The molecule has 0 radical (unpaired) electrons. The Morgan fingerprint density at radius 3 is 2.20 bits per heavy atom. The molecule has 0 saturated carbocycles. The van der Waals surface area contributed by atoms with E-state index in [2.05, 4.69) is 5.32 Å². The average molecular weight is 460 g/mol. The second-order valence-corrected chi connectivity index (χ2v) is 8.86. The Morgan fingerprint density at radius 2 is 1.63 bits per heavy atom. The number of methoxy groups -OCH3 is 1. The maximum absolute atomic E-state index is 13.2. The lowest BCUT2D eigenvalue weighted by atomic mass is 10.1. The van der Waals surface area contributed by atoms with Gasteiger partial charge in [-0.05, 0) is 48.6 Å². The third kappa shape index (κ3) is 4.85. The molecule has 0 spiro atoms. The second kappa shape index (κ2) is 8.78. The molecule has 0 atom stereocenters. The largest absolute Gasteiger partial charge is 0.497 e. The highest BCUT2D eigenvalue weighted by atomic mass is 32.2. The molecule has 0 unspecified atom stereocenters. The number of anilines is 1. The van der Waals surface area contributed by atoms with Gasteiger partial charge in [-0.1, -0.05) is 12.1 Å². The molecule has 30 heavy (non-hydrogen) atoms. The minimum absolute atomic E-state index is 0.119. The van der Waals surface area contributed by atoms with Gasteiger partial charge in [-0.25, -0.2) is 8.42 Å². The molecule has 1 aliphatic heterocycles. The van der Waals surface area contributed by atoms with Crippen LogP contribution >= 0.6 is 12.2 Å². The van der Waals surface area contributed by atoms with Crippen molar-refractivity contribution in [3.05, 3.63) is 54.1 Å². The summed E-state index contributed by atoms with van der Waals surface area (Å²) in [7, 11) is -2.19. The Kier molecular flexibility index (Phi) is 6.53. The molecule has 1 N–H and O–H groups in total. The van der Waals surface area contributed by atoms with Crippen LogP contribution in [0.2, 0.25) is 0 Å². The molecule has 1 fully saturated rings. The summed E-state index contributed by atoms with van der Waals surface area (Å²) in [5.41, 5.74) is -0.948. The number of alkyl halides is 3. The van der Waals surface area contributed by atoms with Gasteiger partial charge in [0.1, 0.15) is 5.75 Å². The van der Waals surface area contributed by atoms with Crippen LogP contribution < -0.4 is 10.1 Å². The predicted octanol–water partition coefficient (Wildman–Crippen LogP) is 3.42. The van der Waals surface area contributed by atoms with Gasteiger partial charge >= 0.3 is 6.18 Å². The highest BCUT2D eigenvalue weighted by molar-refractivity contribution is 7.89. The van der Waals surface area contributed by atoms with Gasteiger partial charge in [0.25, 0.3) is 0 Å². The lowest BCUT2D eigenvalue weighted by Crippen LogP contribution is -2.51. The molecule has 162 valence electrons. The van der Waals surface area contributed by atoms with Crippen molar-refractivity contribution in [1.29, 1.82) is 0 Å². The van der Waals surface area contributed by atoms with E-state index in [-0.39, 0.29) is 41.9 Å². The van der Waals surface area contributed by atoms with E-state index in [1.165, 1.54) is 41.7 Å². The van der Waals surface area contributed by atoms with E-state index in [1.807, 2.05) is 0 Å². The molecule has 2 aromatic carbocycles. The number of hydrogen-bond acceptors (Lipinski definition) is 4.